The van der Waals surface area contributed by atoms with Gasteiger partial charge in [-0.2, -0.15) is 0 Å². The molecule has 6 heteroatoms. The van der Waals surface area contributed by atoms with Crippen LogP contribution in [0, 0.1) is 3.57 Å². The molecule has 2 aromatic rings. The molecule has 1 unspecified atom stereocenters. The van der Waals surface area contributed by atoms with Crippen molar-refractivity contribution in [1.29, 1.82) is 0 Å². The lowest BCUT2D eigenvalue weighted by molar-refractivity contribution is 0.226. The molecule has 1 aliphatic heterocycles. The minimum Gasteiger partial charge on any atom is -0.497 e. The zero-order valence-corrected chi connectivity index (χ0v) is 14.4. The van der Waals surface area contributed by atoms with Crippen LogP contribution in [0.2, 0.25) is 0 Å². The molecule has 0 aromatic heterocycles. The molecule has 2 aromatic carbocycles. The van der Waals surface area contributed by atoms with E-state index in [4.69, 9.17) is 9.39 Å². The van der Waals surface area contributed by atoms with E-state index in [0.29, 0.717) is 0 Å². The van der Waals surface area contributed by atoms with Crippen LogP contribution in [0.15, 0.2) is 40.9 Å². The summed E-state index contributed by atoms with van der Waals surface area (Å²) < 4.78 is 13.0. The van der Waals surface area contributed by atoms with Gasteiger partial charge in [0.2, 0.25) is 0 Å². The average Bonchev–Trinajstić information content (AvgIpc) is 2.77. The van der Waals surface area contributed by atoms with E-state index in [2.05, 4.69) is 38.5 Å². The van der Waals surface area contributed by atoms with Gasteiger partial charge < -0.3 is 14.4 Å². The molecule has 1 atom stereocenters. The average molecular weight is 445 g/mol. The molecular formula is C14H11BBrIO3. The molecule has 20 heavy (non-hydrogen) atoms. The molecule has 3 nitrogen and oxygen atoms in total. The molecule has 0 radical (unpaired) electrons. The highest BCUT2D eigenvalue weighted by Crippen LogP contribution is 2.35. The predicted molar refractivity (Wildman–Crippen MR) is 90.4 cm³/mol. The first-order chi connectivity index (χ1) is 9.60. The number of hydrogen-bond acceptors (Lipinski definition) is 3. The molecule has 0 saturated carbocycles. The first-order valence-electron chi connectivity index (χ1n) is 6.06. The summed E-state index contributed by atoms with van der Waals surface area (Å²) in [6.07, 6.45) is -0.245. The van der Waals surface area contributed by atoms with E-state index in [1.807, 2.05) is 36.4 Å². The fourth-order valence-corrected chi connectivity index (χ4v) is 3.53. The number of halogens is 2. The van der Waals surface area contributed by atoms with Crippen molar-refractivity contribution in [2.24, 2.45) is 0 Å². The number of fused-ring (bicyclic) bond motifs is 1. The maximum atomic E-state index is 10.1. The second-order valence-electron chi connectivity index (χ2n) is 4.53. The molecule has 1 aliphatic rings. The smallest absolute Gasteiger partial charge is 0.492 e. The van der Waals surface area contributed by atoms with E-state index >= 15 is 0 Å². The number of hydrogen-bond donors (Lipinski definition) is 1. The van der Waals surface area contributed by atoms with Crippen LogP contribution in [0.1, 0.15) is 17.2 Å². The predicted octanol–water partition coefficient (Wildman–Crippen LogP) is 2.87. The Hall–Kier alpha value is -0.565. The summed E-state index contributed by atoms with van der Waals surface area (Å²) in [5.41, 5.74) is 2.82. The third kappa shape index (κ3) is 2.50. The Kier molecular flexibility index (Phi) is 4.08. The van der Waals surface area contributed by atoms with Gasteiger partial charge in [-0.3, -0.25) is 0 Å². The normalized spacial score (nSPS) is 17.2. The summed E-state index contributed by atoms with van der Waals surface area (Å²) in [4.78, 5) is 0. The fourth-order valence-electron chi connectivity index (χ4n) is 2.37. The van der Waals surface area contributed by atoms with Gasteiger partial charge in [-0.1, -0.05) is 28.1 Å². The number of methoxy groups -OCH3 is 1. The van der Waals surface area contributed by atoms with Gasteiger partial charge in [0.05, 0.1) is 13.2 Å². The first kappa shape index (κ1) is 14.4. The largest absolute Gasteiger partial charge is 0.497 e. The highest BCUT2D eigenvalue weighted by molar-refractivity contribution is 14.1. The zero-order chi connectivity index (χ0) is 14.3. The number of rotatable bonds is 2. The summed E-state index contributed by atoms with van der Waals surface area (Å²) >= 11 is 5.68. The van der Waals surface area contributed by atoms with Crippen molar-refractivity contribution in [2.75, 3.05) is 7.11 Å². The quantitative estimate of drug-likeness (QED) is 0.572. The molecule has 1 N–H and O–H groups in total. The minimum absolute atomic E-state index is 0.245. The molecule has 0 spiro atoms. The monoisotopic (exact) mass is 444 g/mol. The Morgan fingerprint density at radius 2 is 2.00 bits per heavy atom. The maximum Gasteiger partial charge on any atom is 0.492 e. The van der Waals surface area contributed by atoms with Crippen molar-refractivity contribution < 1.29 is 14.4 Å². The van der Waals surface area contributed by atoms with Gasteiger partial charge in [0.15, 0.2) is 0 Å². The van der Waals surface area contributed by atoms with Gasteiger partial charge in [-0.05, 0) is 63.4 Å². The molecule has 0 bridgehead atoms. The lowest BCUT2D eigenvalue weighted by Gasteiger charge is -2.15. The highest BCUT2D eigenvalue weighted by atomic mass is 127. The van der Waals surface area contributed by atoms with Crippen LogP contribution in [0.4, 0.5) is 0 Å². The van der Waals surface area contributed by atoms with E-state index in [9.17, 15) is 5.02 Å². The van der Waals surface area contributed by atoms with Crippen molar-refractivity contribution in [3.05, 3.63) is 55.6 Å². The van der Waals surface area contributed by atoms with Crippen molar-refractivity contribution in [2.45, 2.75) is 6.10 Å². The molecule has 3 rings (SSSR count). The summed E-state index contributed by atoms with van der Waals surface area (Å²) in [5.74, 6) is 0.729. The molecule has 0 saturated heterocycles. The van der Waals surface area contributed by atoms with Gasteiger partial charge in [0.1, 0.15) is 5.75 Å². The van der Waals surface area contributed by atoms with Crippen molar-refractivity contribution >= 4 is 51.1 Å². The van der Waals surface area contributed by atoms with Crippen molar-refractivity contribution in [3.8, 4) is 5.75 Å². The van der Waals surface area contributed by atoms with Gasteiger partial charge in [0.25, 0.3) is 0 Å². The SMILES string of the molecule is COc1cc(I)c2c(c1)B(O)OC2c1ccc(Br)cc1. The number of ether oxygens (including phenoxy) is 1. The van der Waals surface area contributed by atoms with Crippen LogP contribution in [-0.2, 0) is 4.65 Å². The zero-order valence-electron chi connectivity index (χ0n) is 10.6. The van der Waals surface area contributed by atoms with E-state index in [-0.39, 0.29) is 6.10 Å². The second-order valence-corrected chi connectivity index (χ2v) is 6.61. The van der Waals surface area contributed by atoms with E-state index < -0.39 is 7.12 Å². The van der Waals surface area contributed by atoms with E-state index in [0.717, 1.165) is 30.4 Å². The Bertz CT molecular complexity index is 648. The standard InChI is InChI=1S/C14H11BBrIO3/c1-19-10-6-11-13(12(17)7-10)14(20-15(11)18)8-2-4-9(16)5-3-8/h2-7,14,18H,1H3. The molecular weight excluding hydrogens is 434 g/mol. The topological polar surface area (TPSA) is 38.7 Å². The van der Waals surface area contributed by atoms with Crippen molar-refractivity contribution in [1.82, 2.24) is 0 Å². The summed E-state index contributed by atoms with van der Waals surface area (Å²) in [7, 11) is 0.703. The van der Waals surface area contributed by atoms with Crippen molar-refractivity contribution in [3.63, 3.8) is 0 Å². The fraction of sp³-hybridized carbons (Fsp3) is 0.143. The van der Waals surface area contributed by atoms with Crippen LogP contribution in [-0.4, -0.2) is 19.3 Å². The Morgan fingerprint density at radius 3 is 2.65 bits per heavy atom. The van der Waals surface area contributed by atoms with Crippen LogP contribution >= 0.6 is 38.5 Å². The Morgan fingerprint density at radius 1 is 1.30 bits per heavy atom. The molecule has 0 aliphatic carbocycles. The highest BCUT2D eigenvalue weighted by Gasteiger charge is 2.38. The molecule has 0 amide bonds. The summed E-state index contributed by atoms with van der Waals surface area (Å²) in [6, 6.07) is 11.7. The van der Waals surface area contributed by atoms with Gasteiger partial charge >= 0.3 is 7.12 Å². The second kappa shape index (κ2) is 5.67. The van der Waals surface area contributed by atoms with Gasteiger partial charge in [0, 0.05) is 8.04 Å². The Labute approximate surface area is 139 Å². The summed E-state index contributed by atoms with van der Waals surface area (Å²) in [5, 5.41) is 10.1. The van der Waals surface area contributed by atoms with Crippen LogP contribution in [0.25, 0.3) is 0 Å². The molecule has 0 fully saturated rings. The van der Waals surface area contributed by atoms with Gasteiger partial charge in [-0.25, -0.2) is 0 Å². The molecule has 102 valence electrons. The van der Waals surface area contributed by atoms with Crippen LogP contribution in [0.3, 0.4) is 0 Å². The van der Waals surface area contributed by atoms with E-state index in [1.165, 1.54) is 0 Å². The maximum absolute atomic E-state index is 10.1. The minimum atomic E-state index is -0.915. The van der Waals surface area contributed by atoms with E-state index in [1.54, 1.807) is 7.11 Å². The lowest BCUT2D eigenvalue weighted by Crippen LogP contribution is -2.28. The number of benzene rings is 2. The third-order valence-corrected chi connectivity index (χ3v) is 4.76. The Balaban J connectivity index is 2.09. The molecule has 1 heterocycles. The van der Waals surface area contributed by atoms with Crippen LogP contribution < -0.4 is 10.2 Å². The first-order valence-corrected chi connectivity index (χ1v) is 7.93. The lowest BCUT2D eigenvalue weighted by atomic mass is 9.79. The summed E-state index contributed by atoms with van der Waals surface area (Å²) in [6.45, 7) is 0. The third-order valence-electron chi connectivity index (χ3n) is 3.34. The van der Waals surface area contributed by atoms with Gasteiger partial charge in [-0.15, -0.1) is 0 Å². The van der Waals surface area contributed by atoms with Crippen LogP contribution in [0.5, 0.6) is 5.75 Å².